The van der Waals surface area contributed by atoms with E-state index in [4.69, 9.17) is 4.74 Å². The standard InChI is InChI=1S/C35H40N6O5S/c1-3-18-38-19-15-27(16-20-38)37-28-17-21-39(24-28)34(42)33(26-7-5-4-6-8-26)40-32-22-25(23-36)9-14-31(32)41(35(40)43)47(44,45)30-12-10-29(46-2)11-13-30/h4-14,22,27-28,33,37H,3,15-21,24H2,1-2H3. The number of fused-ring (bicyclic) bond motifs is 1. The van der Waals surface area contributed by atoms with Crippen LogP contribution in [0.3, 0.4) is 0 Å². The van der Waals surface area contributed by atoms with Crippen molar-refractivity contribution in [2.45, 2.75) is 55.6 Å². The summed E-state index contributed by atoms with van der Waals surface area (Å²) in [5.74, 6) is 0.163. The average molecular weight is 657 g/mol. The lowest BCUT2D eigenvalue weighted by Gasteiger charge is -2.33. The number of nitrogens with zero attached hydrogens (tertiary/aromatic N) is 5. The third-order valence-corrected chi connectivity index (χ3v) is 11.0. The van der Waals surface area contributed by atoms with Gasteiger partial charge in [-0.1, -0.05) is 37.3 Å². The molecule has 0 spiro atoms. The van der Waals surface area contributed by atoms with E-state index in [9.17, 15) is 23.3 Å². The van der Waals surface area contributed by atoms with E-state index in [2.05, 4.69) is 23.2 Å². The number of piperidine rings is 1. The van der Waals surface area contributed by atoms with Crippen LogP contribution in [0.1, 0.15) is 49.8 Å². The quantitative estimate of drug-likeness (QED) is 0.274. The number of carbonyl (C=O) groups is 1. The van der Waals surface area contributed by atoms with Crippen LogP contribution in [0.5, 0.6) is 5.75 Å². The molecule has 2 aliphatic heterocycles. The molecule has 0 bridgehead atoms. The summed E-state index contributed by atoms with van der Waals surface area (Å²) < 4.78 is 35.2. The van der Waals surface area contributed by atoms with Crippen LogP contribution >= 0.6 is 0 Å². The van der Waals surface area contributed by atoms with Gasteiger partial charge in [0.15, 0.2) is 0 Å². The number of nitrogens with one attached hydrogen (secondary N) is 1. The Morgan fingerprint density at radius 3 is 2.34 bits per heavy atom. The third kappa shape index (κ3) is 6.43. The van der Waals surface area contributed by atoms with E-state index in [1.165, 1.54) is 54.1 Å². The number of methoxy groups -OCH3 is 1. The lowest BCUT2D eigenvalue weighted by atomic mass is 10.0. The van der Waals surface area contributed by atoms with Gasteiger partial charge in [0.25, 0.3) is 15.9 Å². The molecule has 6 rings (SSSR count). The zero-order valence-corrected chi connectivity index (χ0v) is 27.5. The van der Waals surface area contributed by atoms with Gasteiger partial charge in [0, 0.05) is 25.2 Å². The van der Waals surface area contributed by atoms with Crippen LogP contribution in [-0.2, 0) is 14.8 Å². The van der Waals surface area contributed by atoms with Gasteiger partial charge in [0.05, 0.1) is 34.7 Å². The van der Waals surface area contributed by atoms with Crippen molar-refractivity contribution in [2.24, 2.45) is 0 Å². The Bertz CT molecular complexity index is 1940. The molecule has 1 N–H and O–H groups in total. The maximum Gasteiger partial charge on any atom is 0.344 e. The van der Waals surface area contributed by atoms with Gasteiger partial charge in [-0.15, -0.1) is 0 Å². The number of likely N-dealkylation sites (tertiary alicyclic amines) is 2. The second-order valence-electron chi connectivity index (χ2n) is 12.3. The van der Waals surface area contributed by atoms with Gasteiger partial charge in [-0.05, 0) is 93.3 Å². The second-order valence-corrected chi connectivity index (χ2v) is 14.1. The summed E-state index contributed by atoms with van der Waals surface area (Å²) in [6, 6.07) is 20.5. The molecule has 0 aliphatic carbocycles. The number of hydrogen-bond acceptors (Lipinski definition) is 8. The van der Waals surface area contributed by atoms with E-state index in [0.29, 0.717) is 30.4 Å². The molecule has 246 valence electrons. The van der Waals surface area contributed by atoms with Crippen LogP contribution in [0.25, 0.3) is 11.0 Å². The van der Waals surface area contributed by atoms with Gasteiger partial charge in [-0.25, -0.2) is 13.2 Å². The molecule has 3 aromatic carbocycles. The van der Waals surface area contributed by atoms with Gasteiger partial charge >= 0.3 is 5.69 Å². The predicted molar refractivity (Wildman–Crippen MR) is 179 cm³/mol. The fraction of sp³-hybridized carbons (Fsp3) is 0.400. The Morgan fingerprint density at radius 2 is 1.68 bits per heavy atom. The molecular formula is C35H40N6O5S. The second kappa shape index (κ2) is 13.7. The van der Waals surface area contributed by atoms with Gasteiger partial charge in [0.2, 0.25) is 0 Å². The lowest BCUT2D eigenvalue weighted by molar-refractivity contribution is -0.132. The minimum atomic E-state index is -4.41. The fourth-order valence-corrected chi connectivity index (χ4v) is 8.27. The normalized spacial score (nSPS) is 18.3. The summed E-state index contributed by atoms with van der Waals surface area (Å²) >= 11 is 0. The highest BCUT2D eigenvalue weighted by atomic mass is 32.2. The van der Waals surface area contributed by atoms with E-state index in [0.717, 1.165) is 49.3 Å². The molecule has 2 unspecified atom stereocenters. The molecule has 2 aliphatic rings. The minimum Gasteiger partial charge on any atom is -0.497 e. The molecule has 1 amide bonds. The molecule has 11 nitrogen and oxygen atoms in total. The van der Waals surface area contributed by atoms with Crippen molar-refractivity contribution in [3.63, 3.8) is 0 Å². The van der Waals surface area contributed by atoms with Crippen molar-refractivity contribution in [3.8, 4) is 11.8 Å². The number of ether oxygens (including phenoxy) is 1. The van der Waals surface area contributed by atoms with Gasteiger partial charge in [0.1, 0.15) is 11.8 Å². The zero-order valence-electron chi connectivity index (χ0n) is 26.7. The summed E-state index contributed by atoms with van der Waals surface area (Å²) in [5, 5.41) is 13.5. The molecule has 2 fully saturated rings. The molecule has 0 saturated carbocycles. The monoisotopic (exact) mass is 656 g/mol. The highest BCUT2D eigenvalue weighted by molar-refractivity contribution is 7.90. The Morgan fingerprint density at radius 1 is 0.979 bits per heavy atom. The number of hydrogen-bond donors (Lipinski definition) is 1. The Labute approximate surface area is 275 Å². The molecule has 12 heteroatoms. The first-order valence-corrected chi connectivity index (χ1v) is 17.6. The Balaban J connectivity index is 1.38. The van der Waals surface area contributed by atoms with E-state index < -0.39 is 21.8 Å². The number of nitriles is 1. The number of amides is 1. The van der Waals surface area contributed by atoms with Crippen molar-refractivity contribution in [3.05, 3.63) is 94.4 Å². The molecule has 4 aromatic rings. The maximum atomic E-state index is 14.5. The number of imidazole rings is 1. The maximum absolute atomic E-state index is 14.5. The van der Waals surface area contributed by atoms with E-state index in [1.54, 1.807) is 29.2 Å². The van der Waals surface area contributed by atoms with Crippen LogP contribution in [0.15, 0.2) is 82.5 Å². The van der Waals surface area contributed by atoms with E-state index in [-0.39, 0.29) is 33.4 Å². The Kier molecular flexibility index (Phi) is 9.50. The average Bonchev–Trinajstić information content (AvgIpc) is 3.68. The van der Waals surface area contributed by atoms with Crippen molar-refractivity contribution in [1.29, 1.82) is 5.26 Å². The van der Waals surface area contributed by atoms with Crippen LogP contribution in [-0.4, -0.2) is 84.6 Å². The molecule has 47 heavy (non-hydrogen) atoms. The van der Waals surface area contributed by atoms with E-state index in [1.807, 2.05) is 6.07 Å². The smallest absolute Gasteiger partial charge is 0.344 e. The fourth-order valence-electron chi connectivity index (χ4n) is 6.88. The van der Waals surface area contributed by atoms with Gasteiger partial charge < -0.3 is 19.9 Å². The number of carbonyl (C=O) groups excluding carboxylic acids is 1. The van der Waals surface area contributed by atoms with E-state index >= 15 is 0 Å². The SMILES string of the molecule is CCCN1CCC(NC2CCN(C(=O)C(c3ccccc3)n3c(=O)n(S(=O)(=O)c4ccc(OC)cc4)c4ccc(C#N)cc43)C2)CC1. The molecule has 0 radical (unpaired) electrons. The molecule has 2 saturated heterocycles. The van der Waals surface area contributed by atoms with Gasteiger partial charge in [-0.3, -0.25) is 9.36 Å². The number of aromatic nitrogens is 2. The molecule has 2 atom stereocenters. The van der Waals surface area contributed by atoms with Crippen molar-refractivity contribution in [2.75, 3.05) is 39.8 Å². The number of benzene rings is 3. The number of rotatable bonds is 10. The van der Waals surface area contributed by atoms with Crippen molar-refractivity contribution >= 4 is 27.0 Å². The van der Waals surface area contributed by atoms with Crippen molar-refractivity contribution in [1.82, 2.24) is 23.7 Å². The molecule has 3 heterocycles. The van der Waals surface area contributed by atoms with Crippen molar-refractivity contribution < 1.29 is 17.9 Å². The summed E-state index contributed by atoms with van der Waals surface area (Å²) in [5.41, 5.74) is 0.151. The minimum absolute atomic E-state index is 0.0777. The Hall–Kier alpha value is -4.44. The largest absolute Gasteiger partial charge is 0.497 e. The summed E-state index contributed by atoms with van der Waals surface area (Å²) in [4.78, 5) is 33.1. The topological polar surface area (TPSA) is 130 Å². The first kappa shape index (κ1) is 32.5. The highest BCUT2D eigenvalue weighted by Gasteiger charge is 2.37. The third-order valence-electron chi connectivity index (χ3n) is 9.27. The summed E-state index contributed by atoms with van der Waals surface area (Å²) in [7, 11) is -2.93. The van der Waals surface area contributed by atoms with Crippen LogP contribution in [0, 0.1) is 11.3 Å². The summed E-state index contributed by atoms with van der Waals surface area (Å²) in [6.07, 6.45) is 4.06. The first-order valence-electron chi connectivity index (χ1n) is 16.1. The molecular weight excluding hydrogens is 616 g/mol. The van der Waals surface area contributed by atoms with Gasteiger partial charge in [-0.2, -0.15) is 9.23 Å². The molecule has 1 aromatic heterocycles. The predicted octanol–water partition coefficient (Wildman–Crippen LogP) is 3.57. The zero-order chi connectivity index (χ0) is 33.1. The van der Waals surface area contributed by atoms with Crippen LogP contribution < -0.4 is 15.7 Å². The van der Waals surface area contributed by atoms with Crippen LogP contribution in [0.2, 0.25) is 0 Å². The highest BCUT2D eigenvalue weighted by Crippen LogP contribution is 2.30. The van der Waals surface area contributed by atoms with Crippen LogP contribution in [0.4, 0.5) is 0 Å². The first-order chi connectivity index (χ1) is 22.7. The lowest BCUT2D eigenvalue weighted by Crippen LogP contribution is -2.48. The summed E-state index contributed by atoms with van der Waals surface area (Å²) in [6.45, 7) is 6.44.